The van der Waals surface area contributed by atoms with Gasteiger partial charge in [0.15, 0.2) is 0 Å². The molecule has 127 valence electrons. The molecule has 4 heteroatoms. The Morgan fingerprint density at radius 3 is 1.48 bits per heavy atom. The van der Waals surface area contributed by atoms with E-state index in [4.69, 9.17) is 9.47 Å². The molecule has 0 rings (SSSR count). The van der Waals surface area contributed by atoms with Gasteiger partial charge in [-0.3, -0.25) is 4.90 Å². The van der Waals surface area contributed by atoms with Crippen molar-refractivity contribution in [3.8, 4) is 0 Å². The fraction of sp³-hybridized carbons (Fsp3) is 1.00. The van der Waals surface area contributed by atoms with Crippen LogP contribution in [0.5, 0.6) is 0 Å². The van der Waals surface area contributed by atoms with Crippen LogP contribution < -0.4 is 0 Å². The van der Waals surface area contributed by atoms with Crippen LogP contribution in [0.25, 0.3) is 0 Å². The SMILES string of the molecule is COCCN(CCCCCCCCCCC[SiH2])CCOC. The smallest absolute Gasteiger partial charge is 0.0589 e. The Kier molecular flexibility index (Phi) is 18.2. The normalized spacial score (nSPS) is 11.4. The Morgan fingerprint density at radius 2 is 1.05 bits per heavy atom. The van der Waals surface area contributed by atoms with E-state index in [2.05, 4.69) is 15.1 Å². The molecule has 0 amide bonds. The molecule has 0 fully saturated rings. The van der Waals surface area contributed by atoms with Gasteiger partial charge in [0.25, 0.3) is 0 Å². The number of unbranched alkanes of at least 4 members (excludes halogenated alkanes) is 8. The van der Waals surface area contributed by atoms with E-state index in [1.807, 2.05) is 0 Å². The number of hydrogen-bond acceptors (Lipinski definition) is 3. The molecule has 0 saturated carbocycles. The van der Waals surface area contributed by atoms with Gasteiger partial charge in [-0.2, -0.15) is 0 Å². The molecule has 0 N–H and O–H groups in total. The van der Waals surface area contributed by atoms with Crippen molar-refractivity contribution in [3.63, 3.8) is 0 Å². The zero-order valence-corrected chi connectivity index (χ0v) is 16.0. The molecule has 0 aromatic carbocycles. The summed E-state index contributed by atoms with van der Waals surface area (Å²) in [6.07, 6.45) is 12.7. The minimum Gasteiger partial charge on any atom is -0.383 e. The van der Waals surface area contributed by atoms with Gasteiger partial charge in [0.05, 0.1) is 13.2 Å². The van der Waals surface area contributed by atoms with Crippen LogP contribution in [0.3, 0.4) is 0 Å². The lowest BCUT2D eigenvalue weighted by Gasteiger charge is -2.21. The second-order valence-corrected chi connectivity index (χ2v) is 6.57. The standard InChI is InChI=1S/C17H38NO2Si/c1-19-15-13-18(14-16-20-2)12-10-8-6-4-3-5-7-9-11-17-21/h3-17,21H2,1-2H3. The third-order valence-electron chi connectivity index (χ3n) is 3.95. The molecule has 0 heterocycles. The molecule has 0 aliphatic carbocycles. The number of rotatable bonds is 17. The molecular formula is C17H38NO2Si. The van der Waals surface area contributed by atoms with E-state index in [-0.39, 0.29) is 0 Å². The number of hydrogen-bond donors (Lipinski definition) is 0. The van der Waals surface area contributed by atoms with Crippen LogP contribution in [0, 0.1) is 0 Å². The molecule has 1 radical (unpaired) electrons. The van der Waals surface area contributed by atoms with Crippen LogP contribution in [0.15, 0.2) is 0 Å². The summed E-state index contributed by atoms with van der Waals surface area (Å²) in [5.41, 5.74) is 0. The van der Waals surface area contributed by atoms with E-state index in [1.54, 1.807) is 14.2 Å². The van der Waals surface area contributed by atoms with Gasteiger partial charge in [-0.25, -0.2) is 0 Å². The van der Waals surface area contributed by atoms with Crippen LogP contribution in [-0.4, -0.2) is 62.2 Å². The summed E-state index contributed by atoms with van der Waals surface area (Å²) in [7, 11) is 5.65. The molecule has 0 atom stereocenters. The average molecular weight is 317 g/mol. The van der Waals surface area contributed by atoms with Crippen LogP contribution >= 0.6 is 0 Å². The molecule has 0 aromatic rings. The van der Waals surface area contributed by atoms with Crippen molar-refractivity contribution in [2.24, 2.45) is 0 Å². The molecule has 0 unspecified atom stereocenters. The summed E-state index contributed by atoms with van der Waals surface area (Å²) in [5.74, 6) is 0. The maximum Gasteiger partial charge on any atom is 0.0589 e. The molecular weight excluding hydrogens is 278 g/mol. The van der Waals surface area contributed by atoms with Gasteiger partial charge in [-0.15, -0.1) is 0 Å². The zero-order chi connectivity index (χ0) is 15.6. The Morgan fingerprint density at radius 1 is 0.619 bits per heavy atom. The Hall–Kier alpha value is 0.0969. The molecule has 0 saturated heterocycles. The monoisotopic (exact) mass is 316 g/mol. The van der Waals surface area contributed by atoms with Crippen LogP contribution in [0.1, 0.15) is 57.8 Å². The van der Waals surface area contributed by atoms with Crippen molar-refractivity contribution in [3.05, 3.63) is 0 Å². The Bertz CT molecular complexity index is 186. The van der Waals surface area contributed by atoms with Gasteiger partial charge in [-0.05, 0) is 13.0 Å². The first-order valence-corrected chi connectivity index (χ1v) is 9.84. The Balaban J connectivity index is 3.35. The lowest BCUT2D eigenvalue weighted by molar-refractivity contribution is 0.113. The molecule has 3 nitrogen and oxygen atoms in total. The molecule has 0 aliphatic rings. The fourth-order valence-electron chi connectivity index (χ4n) is 2.53. The van der Waals surface area contributed by atoms with Gasteiger partial charge < -0.3 is 9.47 Å². The maximum absolute atomic E-state index is 5.17. The van der Waals surface area contributed by atoms with Crippen molar-refractivity contribution in [2.45, 2.75) is 63.8 Å². The highest BCUT2D eigenvalue weighted by Crippen LogP contribution is 2.10. The van der Waals surface area contributed by atoms with E-state index >= 15 is 0 Å². The lowest BCUT2D eigenvalue weighted by atomic mass is 10.1. The minimum absolute atomic E-state index is 0.821. The van der Waals surface area contributed by atoms with Crippen molar-refractivity contribution < 1.29 is 9.47 Å². The second kappa shape index (κ2) is 18.1. The van der Waals surface area contributed by atoms with Crippen molar-refractivity contribution in [2.75, 3.05) is 47.1 Å². The van der Waals surface area contributed by atoms with E-state index in [0.717, 1.165) is 26.3 Å². The summed E-state index contributed by atoms with van der Waals surface area (Å²) >= 11 is 0. The third kappa shape index (κ3) is 16.3. The average Bonchev–Trinajstić information content (AvgIpc) is 2.51. The summed E-state index contributed by atoms with van der Waals surface area (Å²) in [5, 5.41) is 0. The summed E-state index contributed by atoms with van der Waals surface area (Å²) < 4.78 is 10.3. The first kappa shape index (κ1) is 21.1. The predicted octanol–water partition coefficient (Wildman–Crippen LogP) is 3.14. The van der Waals surface area contributed by atoms with Gasteiger partial charge in [0.1, 0.15) is 0 Å². The minimum atomic E-state index is 0.821. The molecule has 0 bridgehead atoms. The zero-order valence-electron chi connectivity index (χ0n) is 14.6. The molecule has 0 aromatic heterocycles. The van der Waals surface area contributed by atoms with Crippen molar-refractivity contribution in [1.82, 2.24) is 4.90 Å². The van der Waals surface area contributed by atoms with Crippen molar-refractivity contribution >= 4 is 10.2 Å². The maximum atomic E-state index is 5.17. The number of ether oxygens (including phenoxy) is 2. The molecule has 0 spiro atoms. The highest BCUT2D eigenvalue weighted by Gasteiger charge is 2.03. The van der Waals surface area contributed by atoms with Gasteiger partial charge in [0.2, 0.25) is 0 Å². The lowest BCUT2D eigenvalue weighted by Crippen LogP contribution is -2.31. The first-order valence-electron chi connectivity index (χ1n) is 8.84. The largest absolute Gasteiger partial charge is 0.383 e. The quantitative estimate of drug-likeness (QED) is 0.304. The van der Waals surface area contributed by atoms with E-state index in [1.165, 1.54) is 70.4 Å². The van der Waals surface area contributed by atoms with Gasteiger partial charge >= 0.3 is 0 Å². The first-order chi connectivity index (χ1) is 10.3. The van der Waals surface area contributed by atoms with E-state index in [9.17, 15) is 0 Å². The number of nitrogens with zero attached hydrogens (tertiary/aromatic N) is 1. The molecule has 0 aliphatic heterocycles. The molecule has 21 heavy (non-hydrogen) atoms. The van der Waals surface area contributed by atoms with Gasteiger partial charge in [-0.1, -0.05) is 57.4 Å². The third-order valence-corrected chi connectivity index (χ3v) is 4.45. The van der Waals surface area contributed by atoms with Crippen LogP contribution in [0.2, 0.25) is 6.04 Å². The topological polar surface area (TPSA) is 21.7 Å². The van der Waals surface area contributed by atoms with Crippen molar-refractivity contribution in [1.29, 1.82) is 0 Å². The van der Waals surface area contributed by atoms with E-state index < -0.39 is 0 Å². The second-order valence-electron chi connectivity index (χ2n) is 5.86. The summed E-state index contributed by atoms with van der Waals surface area (Å²) in [6.45, 7) is 4.88. The summed E-state index contributed by atoms with van der Waals surface area (Å²) in [6, 6.07) is 1.38. The predicted molar refractivity (Wildman–Crippen MR) is 95.1 cm³/mol. The van der Waals surface area contributed by atoms with Crippen LogP contribution in [-0.2, 0) is 9.47 Å². The van der Waals surface area contributed by atoms with E-state index in [0.29, 0.717) is 0 Å². The summed E-state index contributed by atoms with van der Waals surface area (Å²) in [4.78, 5) is 2.46. The Labute approximate surface area is 136 Å². The van der Waals surface area contributed by atoms with Crippen LogP contribution in [0.4, 0.5) is 0 Å². The highest BCUT2D eigenvalue weighted by atomic mass is 28.1. The highest BCUT2D eigenvalue weighted by molar-refractivity contribution is 6.08. The number of methoxy groups -OCH3 is 2. The fourth-order valence-corrected chi connectivity index (χ4v) is 2.88. The van der Waals surface area contributed by atoms with Gasteiger partial charge in [0, 0.05) is 37.6 Å².